The summed E-state index contributed by atoms with van der Waals surface area (Å²) in [7, 11) is 0. The Morgan fingerprint density at radius 3 is 2.42 bits per heavy atom. The predicted octanol–water partition coefficient (Wildman–Crippen LogP) is 2.02. The lowest BCUT2D eigenvalue weighted by Crippen LogP contribution is -2.52. The fraction of sp³-hybridized carbons (Fsp3) is 0.579. The van der Waals surface area contributed by atoms with Crippen LogP contribution >= 0.6 is 0 Å². The Morgan fingerprint density at radius 2 is 1.71 bits per heavy atom. The van der Waals surface area contributed by atoms with Crippen LogP contribution < -0.4 is 4.74 Å². The molecule has 0 unspecified atom stereocenters. The molecule has 1 aromatic carbocycles. The number of nitrogens with zero attached hydrogens (tertiary/aromatic N) is 2. The minimum Gasteiger partial charge on any atom is -0.481 e. The van der Waals surface area contributed by atoms with Crippen LogP contribution in [0.3, 0.4) is 0 Å². The van der Waals surface area contributed by atoms with Crippen LogP contribution in [0, 0.1) is 0 Å². The molecule has 0 N–H and O–H groups in total. The Morgan fingerprint density at radius 1 is 1.04 bits per heavy atom. The molecule has 1 fully saturated rings. The first-order chi connectivity index (χ1) is 11.6. The monoisotopic (exact) mass is 330 g/mol. The zero-order valence-electron chi connectivity index (χ0n) is 14.6. The van der Waals surface area contributed by atoms with Gasteiger partial charge in [-0.2, -0.15) is 0 Å². The third-order valence-electron chi connectivity index (χ3n) is 5.04. The van der Waals surface area contributed by atoms with E-state index in [0.717, 1.165) is 18.6 Å². The molecule has 1 saturated heterocycles. The van der Waals surface area contributed by atoms with Crippen molar-refractivity contribution in [3.63, 3.8) is 0 Å². The summed E-state index contributed by atoms with van der Waals surface area (Å²) in [6.45, 7) is 5.77. The maximum Gasteiger partial charge on any atom is 0.263 e. The summed E-state index contributed by atoms with van der Waals surface area (Å²) < 4.78 is 6.03. The molecule has 1 aromatic rings. The van der Waals surface area contributed by atoms with Crippen LogP contribution in [0.5, 0.6) is 5.75 Å². The molecule has 0 aromatic heterocycles. The minimum atomic E-state index is -0.498. The molecule has 2 amide bonds. The topological polar surface area (TPSA) is 49.9 Å². The summed E-state index contributed by atoms with van der Waals surface area (Å²) >= 11 is 0. The van der Waals surface area contributed by atoms with Gasteiger partial charge in [0.1, 0.15) is 5.75 Å². The van der Waals surface area contributed by atoms with Gasteiger partial charge in [0.2, 0.25) is 5.91 Å². The van der Waals surface area contributed by atoms with E-state index in [9.17, 15) is 9.59 Å². The van der Waals surface area contributed by atoms with Gasteiger partial charge in [0, 0.05) is 33.1 Å². The van der Waals surface area contributed by atoms with E-state index < -0.39 is 6.10 Å². The number of carbonyl (C=O) groups is 2. The van der Waals surface area contributed by atoms with Crippen molar-refractivity contribution in [2.45, 2.75) is 45.6 Å². The van der Waals surface area contributed by atoms with E-state index >= 15 is 0 Å². The number of hydrogen-bond acceptors (Lipinski definition) is 3. The molecule has 5 heteroatoms. The second-order valence-corrected chi connectivity index (χ2v) is 6.69. The predicted molar refractivity (Wildman–Crippen MR) is 92.0 cm³/mol. The van der Waals surface area contributed by atoms with Crippen molar-refractivity contribution in [2.75, 3.05) is 26.2 Å². The zero-order chi connectivity index (χ0) is 17.1. The van der Waals surface area contributed by atoms with Crippen LogP contribution in [0.4, 0.5) is 0 Å². The fourth-order valence-corrected chi connectivity index (χ4v) is 3.60. The van der Waals surface area contributed by atoms with Gasteiger partial charge >= 0.3 is 0 Å². The molecule has 24 heavy (non-hydrogen) atoms. The molecule has 1 aliphatic heterocycles. The Labute approximate surface area is 143 Å². The molecular weight excluding hydrogens is 304 g/mol. The van der Waals surface area contributed by atoms with Crippen molar-refractivity contribution in [3.05, 3.63) is 29.3 Å². The van der Waals surface area contributed by atoms with Crippen molar-refractivity contribution in [3.8, 4) is 5.75 Å². The van der Waals surface area contributed by atoms with Crippen molar-refractivity contribution >= 4 is 11.8 Å². The first kappa shape index (κ1) is 16.8. The molecule has 0 radical (unpaired) electrons. The Bertz CT molecular complexity index is 621. The van der Waals surface area contributed by atoms with E-state index in [1.807, 2.05) is 19.1 Å². The number of fused-ring (bicyclic) bond motifs is 1. The van der Waals surface area contributed by atoms with Gasteiger partial charge in [-0.15, -0.1) is 0 Å². The molecule has 0 saturated carbocycles. The van der Waals surface area contributed by atoms with Crippen LogP contribution in [-0.2, 0) is 22.4 Å². The second-order valence-electron chi connectivity index (χ2n) is 6.69. The highest BCUT2D eigenvalue weighted by Crippen LogP contribution is 2.30. The molecular formula is C19H26N2O3. The number of rotatable bonds is 3. The van der Waals surface area contributed by atoms with Gasteiger partial charge in [0.25, 0.3) is 5.91 Å². The van der Waals surface area contributed by atoms with E-state index in [4.69, 9.17) is 4.74 Å². The van der Waals surface area contributed by atoms with Crippen molar-refractivity contribution in [1.29, 1.82) is 0 Å². The molecule has 1 atom stereocenters. The van der Waals surface area contributed by atoms with Crippen LogP contribution in [-0.4, -0.2) is 53.9 Å². The van der Waals surface area contributed by atoms with E-state index in [-0.39, 0.29) is 11.8 Å². The summed E-state index contributed by atoms with van der Waals surface area (Å²) in [6.07, 6.45) is 4.04. The van der Waals surface area contributed by atoms with Crippen LogP contribution in [0.25, 0.3) is 0 Å². The molecule has 2 aliphatic rings. The van der Waals surface area contributed by atoms with Crippen molar-refractivity contribution in [2.24, 2.45) is 0 Å². The highest BCUT2D eigenvalue weighted by Gasteiger charge is 2.27. The zero-order valence-corrected chi connectivity index (χ0v) is 14.6. The normalized spacial score (nSPS) is 18.8. The Hall–Kier alpha value is -2.04. The number of amides is 2. The van der Waals surface area contributed by atoms with Gasteiger partial charge in [0.15, 0.2) is 6.10 Å². The molecule has 1 aliphatic carbocycles. The number of aryl methyl sites for hydroxylation is 1. The largest absolute Gasteiger partial charge is 0.481 e. The first-order valence-electron chi connectivity index (χ1n) is 8.88. The average molecular weight is 330 g/mol. The van der Waals surface area contributed by atoms with Gasteiger partial charge in [0.05, 0.1) is 0 Å². The fourth-order valence-electron chi connectivity index (χ4n) is 3.60. The maximum atomic E-state index is 12.6. The highest BCUT2D eigenvalue weighted by atomic mass is 16.5. The molecule has 5 nitrogen and oxygen atoms in total. The third-order valence-corrected chi connectivity index (χ3v) is 5.04. The second kappa shape index (κ2) is 7.24. The van der Waals surface area contributed by atoms with Crippen LogP contribution in [0.15, 0.2) is 18.2 Å². The van der Waals surface area contributed by atoms with Gasteiger partial charge in [-0.25, -0.2) is 0 Å². The minimum absolute atomic E-state index is 0.00612. The Balaban J connectivity index is 1.62. The lowest BCUT2D eigenvalue weighted by molar-refractivity contribution is -0.143. The van der Waals surface area contributed by atoms with Gasteiger partial charge in [-0.05, 0) is 49.8 Å². The van der Waals surface area contributed by atoms with Crippen LogP contribution in [0.1, 0.15) is 37.8 Å². The SMILES string of the molecule is CC(=O)N1CCN(C(=O)[C@@H](C)Oc2cccc3c2CCCC3)CC1. The quantitative estimate of drug-likeness (QED) is 0.852. The van der Waals surface area contributed by atoms with Crippen molar-refractivity contribution in [1.82, 2.24) is 9.80 Å². The average Bonchev–Trinajstić information content (AvgIpc) is 2.61. The number of hydrogen-bond donors (Lipinski definition) is 0. The molecule has 0 spiro atoms. The maximum absolute atomic E-state index is 12.6. The third kappa shape index (κ3) is 3.55. The summed E-state index contributed by atoms with van der Waals surface area (Å²) in [5.74, 6) is 0.935. The van der Waals surface area contributed by atoms with Crippen LogP contribution in [0.2, 0.25) is 0 Å². The Kier molecular flexibility index (Phi) is 5.07. The van der Waals surface area contributed by atoms with Gasteiger partial charge in [-0.1, -0.05) is 12.1 Å². The smallest absolute Gasteiger partial charge is 0.263 e. The van der Waals surface area contributed by atoms with Gasteiger partial charge in [-0.3, -0.25) is 9.59 Å². The van der Waals surface area contributed by atoms with E-state index in [1.54, 1.807) is 16.7 Å². The first-order valence-corrected chi connectivity index (χ1v) is 8.88. The molecule has 3 rings (SSSR count). The molecule has 1 heterocycles. The highest BCUT2D eigenvalue weighted by molar-refractivity contribution is 5.81. The summed E-state index contributed by atoms with van der Waals surface area (Å²) in [4.78, 5) is 27.6. The van der Waals surface area contributed by atoms with Gasteiger partial charge < -0.3 is 14.5 Å². The standard InChI is InChI=1S/C19H26N2O3/c1-14(19(23)21-12-10-20(11-13-21)15(2)22)24-18-9-5-7-16-6-3-4-8-17(16)18/h5,7,9,14H,3-4,6,8,10-13H2,1-2H3/t14-/m1/s1. The summed E-state index contributed by atoms with van der Waals surface area (Å²) in [5.41, 5.74) is 2.62. The molecule has 130 valence electrons. The lowest BCUT2D eigenvalue weighted by atomic mass is 9.91. The number of carbonyl (C=O) groups excluding carboxylic acids is 2. The molecule has 0 bridgehead atoms. The van der Waals surface area contributed by atoms with Crippen molar-refractivity contribution < 1.29 is 14.3 Å². The number of ether oxygens (including phenoxy) is 1. The van der Waals surface area contributed by atoms with E-state index in [1.165, 1.54) is 24.0 Å². The number of piperazine rings is 1. The van der Waals surface area contributed by atoms with E-state index in [2.05, 4.69) is 6.07 Å². The summed E-state index contributed by atoms with van der Waals surface area (Å²) in [6, 6.07) is 6.15. The number of benzene rings is 1. The lowest BCUT2D eigenvalue weighted by Gasteiger charge is -2.35. The summed E-state index contributed by atoms with van der Waals surface area (Å²) in [5, 5.41) is 0. The van der Waals surface area contributed by atoms with E-state index in [0.29, 0.717) is 26.2 Å².